The number of halogens is 1. The highest BCUT2D eigenvalue weighted by Gasteiger charge is 2.34. The van der Waals surface area contributed by atoms with E-state index in [2.05, 4.69) is 15.9 Å². The van der Waals surface area contributed by atoms with Gasteiger partial charge in [-0.3, -0.25) is 19.7 Å². The second kappa shape index (κ2) is 6.14. The predicted molar refractivity (Wildman–Crippen MR) is 92.1 cm³/mol. The van der Waals surface area contributed by atoms with Crippen LogP contribution in [0.5, 0.6) is 11.5 Å². The summed E-state index contributed by atoms with van der Waals surface area (Å²) in [6, 6.07) is 6.57. The highest BCUT2D eigenvalue weighted by molar-refractivity contribution is 9.10. The van der Waals surface area contributed by atoms with Crippen molar-refractivity contribution in [1.82, 2.24) is 0 Å². The summed E-state index contributed by atoms with van der Waals surface area (Å²) in [7, 11) is 1.37. The monoisotopic (exact) mass is 403 g/mol. The van der Waals surface area contributed by atoms with Gasteiger partial charge in [0.25, 0.3) is 5.69 Å². The van der Waals surface area contributed by atoms with E-state index in [0.29, 0.717) is 4.47 Å². The van der Waals surface area contributed by atoms with Gasteiger partial charge in [0.1, 0.15) is 0 Å². The summed E-state index contributed by atoms with van der Waals surface area (Å²) >= 11 is 3.26. The summed E-state index contributed by atoms with van der Waals surface area (Å²) in [5.74, 6) is -1.22. The number of hydrogen-bond acceptors (Lipinski definition) is 6. The molecule has 0 heterocycles. The average molecular weight is 404 g/mol. The maximum atomic E-state index is 12.5. The number of nitrogens with zero attached hydrogens (tertiary/aromatic N) is 1. The lowest BCUT2D eigenvalue weighted by Gasteiger charge is -2.07. The number of ketones is 2. The molecule has 126 valence electrons. The molecule has 0 fully saturated rings. The van der Waals surface area contributed by atoms with Crippen molar-refractivity contribution in [3.05, 3.63) is 67.2 Å². The predicted octanol–water partition coefficient (Wildman–Crippen LogP) is 3.53. The van der Waals surface area contributed by atoms with Crippen LogP contribution in [0, 0.1) is 10.1 Å². The van der Waals surface area contributed by atoms with Gasteiger partial charge in [-0.15, -0.1) is 0 Å². The molecule has 25 heavy (non-hydrogen) atoms. The zero-order chi connectivity index (χ0) is 18.3. The van der Waals surface area contributed by atoms with Crippen molar-refractivity contribution in [2.45, 2.75) is 0 Å². The maximum Gasteiger partial charge on any atom is 0.270 e. The van der Waals surface area contributed by atoms with Gasteiger partial charge in [0.2, 0.25) is 0 Å². The number of methoxy groups -OCH3 is 1. The van der Waals surface area contributed by atoms with Crippen LogP contribution in [0.2, 0.25) is 0 Å². The van der Waals surface area contributed by atoms with Crippen molar-refractivity contribution >= 4 is 39.3 Å². The van der Waals surface area contributed by atoms with E-state index >= 15 is 0 Å². The first-order chi connectivity index (χ1) is 11.8. The number of benzene rings is 2. The first kappa shape index (κ1) is 16.8. The fraction of sp³-hybridized carbons (Fsp3) is 0.0588. The summed E-state index contributed by atoms with van der Waals surface area (Å²) in [5, 5.41) is 21.0. The molecule has 2 aromatic carbocycles. The molecular formula is C17H10BrNO6. The fourth-order valence-corrected chi connectivity index (χ4v) is 3.03. The number of non-ortho nitro benzene ring substituents is 1. The topological polar surface area (TPSA) is 107 Å². The van der Waals surface area contributed by atoms with Crippen LogP contribution in [-0.2, 0) is 0 Å². The third kappa shape index (κ3) is 2.80. The van der Waals surface area contributed by atoms with Gasteiger partial charge in [-0.05, 0) is 24.3 Å². The molecule has 0 saturated heterocycles. The van der Waals surface area contributed by atoms with Crippen molar-refractivity contribution in [1.29, 1.82) is 0 Å². The molecule has 1 N–H and O–H groups in total. The first-order valence-corrected chi connectivity index (χ1v) is 7.79. The fourth-order valence-electron chi connectivity index (χ4n) is 2.57. The number of phenolic OH excluding ortho intramolecular Hbond substituents is 1. The Balaban J connectivity index is 2.12. The number of fused-ring (bicyclic) bond motifs is 1. The van der Waals surface area contributed by atoms with E-state index in [4.69, 9.17) is 4.74 Å². The van der Waals surface area contributed by atoms with Gasteiger partial charge in [-0.25, -0.2) is 0 Å². The van der Waals surface area contributed by atoms with Crippen molar-refractivity contribution < 1.29 is 24.4 Å². The van der Waals surface area contributed by atoms with Gasteiger partial charge in [-0.1, -0.05) is 15.9 Å². The van der Waals surface area contributed by atoms with Crippen LogP contribution in [0.1, 0.15) is 26.3 Å². The van der Waals surface area contributed by atoms with E-state index in [0.717, 1.165) is 6.07 Å². The molecule has 7 nitrogen and oxygen atoms in total. The Kier molecular flexibility index (Phi) is 4.13. The summed E-state index contributed by atoms with van der Waals surface area (Å²) in [6.45, 7) is 0. The minimum atomic E-state index is -0.634. The second-order valence-electron chi connectivity index (χ2n) is 5.25. The average Bonchev–Trinajstić information content (AvgIpc) is 2.82. The Bertz CT molecular complexity index is 979. The maximum absolute atomic E-state index is 12.5. The van der Waals surface area contributed by atoms with Crippen LogP contribution in [0.3, 0.4) is 0 Å². The van der Waals surface area contributed by atoms with Gasteiger partial charge >= 0.3 is 0 Å². The van der Waals surface area contributed by atoms with E-state index in [-0.39, 0.29) is 39.4 Å². The Hall–Kier alpha value is -3.00. The van der Waals surface area contributed by atoms with Crippen molar-refractivity contribution in [3.63, 3.8) is 0 Å². The molecule has 0 aliphatic heterocycles. The zero-order valence-corrected chi connectivity index (χ0v) is 14.4. The lowest BCUT2D eigenvalue weighted by atomic mass is 10.1. The number of hydrogen-bond donors (Lipinski definition) is 1. The quantitative estimate of drug-likeness (QED) is 0.363. The van der Waals surface area contributed by atoms with Crippen LogP contribution < -0.4 is 4.74 Å². The summed E-state index contributed by atoms with van der Waals surface area (Å²) in [6.07, 6.45) is 1.25. The molecule has 1 aliphatic carbocycles. The number of phenols is 1. The minimum absolute atomic E-state index is 0.0214. The van der Waals surface area contributed by atoms with Gasteiger partial charge in [0.15, 0.2) is 23.1 Å². The van der Waals surface area contributed by atoms with Crippen LogP contribution >= 0.6 is 15.9 Å². The number of carbonyl (C=O) groups excluding carboxylic acids is 2. The van der Waals surface area contributed by atoms with Crippen LogP contribution in [-0.4, -0.2) is 28.7 Å². The van der Waals surface area contributed by atoms with E-state index in [1.165, 1.54) is 37.5 Å². The largest absolute Gasteiger partial charge is 0.504 e. The number of carbonyl (C=O) groups is 2. The standard InChI is InChI=1S/C17H10BrNO6/c1-25-14-6-9(18)4-8(15(14)20)5-13-16(21)11-3-2-10(19(23)24)7-12(11)17(13)22/h2-7,20H,1H3/b13-5-. The highest BCUT2D eigenvalue weighted by Crippen LogP contribution is 2.37. The summed E-state index contributed by atoms with van der Waals surface area (Å²) < 4.78 is 5.62. The minimum Gasteiger partial charge on any atom is -0.504 e. The van der Waals surface area contributed by atoms with E-state index < -0.39 is 16.5 Å². The number of aromatic hydroxyl groups is 1. The van der Waals surface area contributed by atoms with Crippen molar-refractivity contribution in [2.75, 3.05) is 7.11 Å². The van der Waals surface area contributed by atoms with Crippen LogP contribution in [0.15, 0.2) is 40.4 Å². The van der Waals surface area contributed by atoms with Crippen LogP contribution in [0.4, 0.5) is 5.69 Å². The number of ether oxygens (including phenoxy) is 1. The number of nitro benzene ring substituents is 1. The molecule has 3 rings (SSSR count). The summed E-state index contributed by atoms with van der Waals surface area (Å²) in [5.41, 5.74) is -0.153. The molecule has 0 aromatic heterocycles. The Labute approximate surface area is 149 Å². The number of rotatable bonds is 3. The normalized spacial score (nSPS) is 14.7. The van der Waals surface area contributed by atoms with Crippen LogP contribution in [0.25, 0.3) is 6.08 Å². The smallest absolute Gasteiger partial charge is 0.270 e. The van der Waals surface area contributed by atoms with Gasteiger partial charge in [0, 0.05) is 33.3 Å². The highest BCUT2D eigenvalue weighted by atomic mass is 79.9. The summed E-state index contributed by atoms with van der Waals surface area (Å²) in [4.78, 5) is 35.2. The Morgan fingerprint density at radius 3 is 2.48 bits per heavy atom. The molecule has 0 unspecified atom stereocenters. The zero-order valence-electron chi connectivity index (χ0n) is 12.8. The third-order valence-electron chi connectivity index (χ3n) is 3.78. The molecule has 0 amide bonds. The van der Waals surface area contributed by atoms with E-state index in [9.17, 15) is 24.8 Å². The Morgan fingerprint density at radius 2 is 1.84 bits per heavy atom. The van der Waals surface area contributed by atoms with Gasteiger partial charge in [0.05, 0.1) is 17.6 Å². The molecule has 0 spiro atoms. The third-order valence-corrected chi connectivity index (χ3v) is 4.24. The molecule has 1 aliphatic rings. The van der Waals surface area contributed by atoms with Gasteiger partial charge in [-0.2, -0.15) is 0 Å². The van der Waals surface area contributed by atoms with Crippen molar-refractivity contribution in [2.24, 2.45) is 0 Å². The van der Waals surface area contributed by atoms with Crippen molar-refractivity contribution in [3.8, 4) is 11.5 Å². The number of allylic oxidation sites excluding steroid dienone is 1. The number of nitro groups is 1. The van der Waals surface area contributed by atoms with E-state index in [1.807, 2.05) is 0 Å². The molecule has 0 atom stereocenters. The molecule has 0 saturated carbocycles. The molecular weight excluding hydrogens is 394 g/mol. The molecule has 2 aromatic rings. The molecule has 0 radical (unpaired) electrons. The lowest BCUT2D eigenvalue weighted by molar-refractivity contribution is -0.384. The second-order valence-corrected chi connectivity index (χ2v) is 6.16. The van der Waals surface area contributed by atoms with E-state index in [1.54, 1.807) is 0 Å². The SMILES string of the molecule is COc1cc(Br)cc(/C=C2/C(=O)c3ccc([N+](=O)[O-])cc3C2=O)c1O. The Morgan fingerprint density at radius 1 is 1.16 bits per heavy atom. The molecule has 0 bridgehead atoms. The number of Topliss-reactive ketones (excluding diaryl/α,β-unsaturated/α-hetero) is 2. The van der Waals surface area contributed by atoms with Gasteiger partial charge < -0.3 is 9.84 Å². The first-order valence-electron chi connectivity index (χ1n) is 6.99. The molecule has 8 heteroatoms. The lowest BCUT2D eigenvalue weighted by Crippen LogP contribution is -2.00.